The first-order chi connectivity index (χ1) is 12.3. The lowest BCUT2D eigenvalue weighted by Crippen LogP contribution is -2.45. The number of nitrogens with zero attached hydrogens (tertiary/aromatic N) is 2. The Morgan fingerprint density at radius 3 is 2.72 bits per heavy atom. The Morgan fingerprint density at radius 2 is 1.92 bits per heavy atom. The second kappa shape index (κ2) is 9.23. The Labute approximate surface area is 152 Å². The van der Waals surface area contributed by atoms with Gasteiger partial charge in [0.05, 0.1) is 6.61 Å². The molecule has 2 aliphatic rings. The molecular formula is C21H32N2O2. The van der Waals surface area contributed by atoms with Crippen molar-refractivity contribution >= 4 is 5.91 Å². The summed E-state index contributed by atoms with van der Waals surface area (Å²) in [5.74, 6) is 0.958. The maximum absolute atomic E-state index is 13.1. The second-order valence-electron chi connectivity index (χ2n) is 7.30. The Hall–Kier alpha value is -1.55. The average molecular weight is 344 g/mol. The van der Waals surface area contributed by atoms with Crippen molar-refractivity contribution in [2.45, 2.75) is 57.9 Å². The van der Waals surface area contributed by atoms with E-state index in [4.69, 9.17) is 4.74 Å². The number of carbonyl (C=O) groups excluding carboxylic acids is 1. The van der Waals surface area contributed by atoms with E-state index in [1.54, 1.807) is 0 Å². The van der Waals surface area contributed by atoms with Crippen LogP contribution in [0.5, 0.6) is 5.75 Å². The molecule has 0 bridgehead atoms. The van der Waals surface area contributed by atoms with Crippen LogP contribution in [0.15, 0.2) is 24.3 Å². The number of likely N-dealkylation sites (tertiary alicyclic amines) is 2. The summed E-state index contributed by atoms with van der Waals surface area (Å²) in [7, 11) is 0. The van der Waals surface area contributed by atoms with Gasteiger partial charge in [-0.25, -0.2) is 0 Å². The highest BCUT2D eigenvalue weighted by molar-refractivity contribution is 5.94. The topological polar surface area (TPSA) is 32.8 Å². The first-order valence-electron chi connectivity index (χ1n) is 10.0. The van der Waals surface area contributed by atoms with Gasteiger partial charge in [0.2, 0.25) is 0 Å². The lowest BCUT2D eigenvalue weighted by atomic mass is 9.97. The number of hydrogen-bond donors (Lipinski definition) is 0. The summed E-state index contributed by atoms with van der Waals surface area (Å²) in [5.41, 5.74) is 0.760. The van der Waals surface area contributed by atoms with Crippen LogP contribution >= 0.6 is 0 Å². The highest BCUT2D eigenvalue weighted by Crippen LogP contribution is 2.24. The smallest absolute Gasteiger partial charge is 0.254 e. The molecule has 0 unspecified atom stereocenters. The zero-order valence-corrected chi connectivity index (χ0v) is 15.6. The maximum atomic E-state index is 13.1. The summed E-state index contributed by atoms with van der Waals surface area (Å²) < 4.78 is 5.56. The van der Waals surface area contributed by atoms with Gasteiger partial charge in [0.1, 0.15) is 5.75 Å². The normalized spacial score (nSPS) is 22.0. The summed E-state index contributed by atoms with van der Waals surface area (Å²) in [6.07, 6.45) is 8.65. The predicted molar refractivity (Wildman–Crippen MR) is 101 cm³/mol. The average Bonchev–Trinajstić information content (AvgIpc) is 2.67. The standard InChI is InChI=1S/C21H32N2O2/c1-2-25-20-11-8-9-18(17-20)21(24)23-15-7-4-10-19(23)12-16-22-13-5-3-6-14-22/h8-9,11,17,19H,2-7,10,12-16H2,1H3/t19-/m1/s1. The quantitative estimate of drug-likeness (QED) is 0.783. The van der Waals surface area contributed by atoms with Crippen LogP contribution in [-0.4, -0.2) is 54.5 Å². The summed E-state index contributed by atoms with van der Waals surface area (Å²) in [5, 5.41) is 0. The molecule has 25 heavy (non-hydrogen) atoms. The molecule has 4 heteroatoms. The van der Waals surface area contributed by atoms with E-state index >= 15 is 0 Å². The van der Waals surface area contributed by atoms with E-state index < -0.39 is 0 Å². The van der Waals surface area contributed by atoms with Gasteiger partial charge >= 0.3 is 0 Å². The number of ether oxygens (including phenoxy) is 1. The lowest BCUT2D eigenvalue weighted by molar-refractivity contribution is 0.0579. The van der Waals surface area contributed by atoms with E-state index in [-0.39, 0.29) is 5.91 Å². The zero-order valence-electron chi connectivity index (χ0n) is 15.6. The van der Waals surface area contributed by atoms with Crippen molar-refractivity contribution in [2.24, 2.45) is 0 Å². The van der Waals surface area contributed by atoms with Crippen LogP contribution < -0.4 is 4.74 Å². The first kappa shape index (κ1) is 18.2. The van der Waals surface area contributed by atoms with Gasteiger partial charge in [0, 0.05) is 24.7 Å². The fourth-order valence-corrected chi connectivity index (χ4v) is 4.13. The molecule has 2 aliphatic heterocycles. The molecule has 4 nitrogen and oxygen atoms in total. The van der Waals surface area contributed by atoms with Crippen molar-refractivity contribution < 1.29 is 9.53 Å². The number of rotatable bonds is 6. The van der Waals surface area contributed by atoms with Crippen LogP contribution in [0.1, 0.15) is 62.2 Å². The van der Waals surface area contributed by atoms with Crippen LogP contribution in [-0.2, 0) is 0 Å². The second-order valence-corrected chi connectivity index (χ2v) is 7.30. The van der Waals surface area contributed by atoms with Gasteiger partial charge in [-0.3, -0.25) is 4.79 Å². The van der Waals surface area contributed by atoms with Crippen molar-refractivity contribution in [1.29, 1.82) is 0 Å². The first-order valence-corrected chi connectivity index (χ1v) is 10.0. The zero-order chi connectivity index (χ0) is 17.5. The molecular weight excluding hydrogens is 312 g/mol. The summed E-state index contributed by atoms with van der Waals surface area (Å²) >= 11 is 0. The maximum Gasteiger partial charge on any atom is 0.254 e. The molecule has 1 amide bonds. The van der Waals surface area contributed by atoms with E-state index in [0.717, 1.165) is 43.7 Å². The summed E-state index contributed by atoms with van der Waals surface area (Å²) in [6, 6.07) is 8.04. The van der Waals surface area contributed by atoms with Crippen LogP contribution in [0.3, 0.4) is 0 Å². The molecule has 0 radical (unpaired) electrons. The molecule has 1 aromatic rings. The van der Waals surface area contributed by atoms with Crippen LogP contribution in [0.25, 0.3) is 0 Å². The van der Waals surface area contributed by atoms with Gasteiger partial charge in [-0.1, -0.05) is 12.5 Å². The molecule has 3 rings (SSSR count). The van der Waals surface area contributed by atoms with Crippen molar-refractivity contribution in [2.75, 3.05) is 32.8 Å². The molecule has 0 spiro atoms. The largest absolute Gasteiger partial charge is 0.494 e. The van der Waals surface area contributed by atoms with Crippen molar-refractivity contribution in [3.8, 4) is 5.75 Å². The minimum atomic E-state index is 0.171. The Bertz CT molecular complexity index is 555. The van der Waals surface area contributed by atoms with Gasteiger partial charge in [-0.15, -0.1) is 0 Å². The SMILES string of the molecule is CCOc1cccc(C(=O)N2CCCC[C@@H]2CCN2CCCCC2)c1. The van der Waals surface area contributed by atoms with Crippen LogP contribution in [0.4, 0.5) is 0 Å². The van der Waals surface area contributed by atoms with E-state index in [1.807, 2.05) is 31.2 Å². The minimum Gasteiger partial charge on any atom is -0.494 e. The molecule has 0 aliphatic carbocycles. The van der Waals surface area contributed by atoms with Crippen molar-refractivity contribution in [3.63, 3.8) is 0 Å². The molecule has 1 atom stereocenters. The number of hydrogen-bond acceptors (Lipinski definition) is 3. The number of carbonyl (C=O) groups is 1. The molecule has 1 aromatic carbocycles. The number of amides is 1. The molecule has 2 heterocycles. The lowest BCUT2D eigenvalue weighted by Gasteiger charge is -2.37. The Morgan fingerprint density at radius 1 is 1.12 bits per heavy atom. The number of benzene rings is 1. The van der Waals surface area contributed by atoms with E-state index in [2.05, 4.69) is 9.80 Å². The molecule has 0 N–H and O–H groups in total. The van der Waals surface area contributed by atoms with Gasteiger partial charge in [-0.2, -0.15) is 0 Å². The van der Waals surface area contributed by atoms with E-state index in [1.165, 1.54) is 38.8 Å². The molecule has 138 valence electrons. The van der Waals surface area contributed by atoms with E-state index in [0.29, 0.717) is 12.6 Å². The third-order valence-electron chi connectivity index (χ3n) is 5.51. The monoisotopic (exact) mass is 344 g/mol. The molecule has 0 saturated carbocycles. The fraction of sp³-hybridized carbons (Fsp3) is 0.667. The highest BCUT2D eigenvalue weighted by atomic mass is 16.5. The molecule has 0 aromatic heterocycles. The van der Waals surface area contributed by atoms with Gasteiger partial charge < -0.3 is 14.5 Å². The minimum absolute atomic E-state index is 0.171. The Balaban J connectivity index is 1.63. The molecule has 2 fully saturated rings. The van der Waals surface area contributed by atoms with Crippen molar-refractivity contribution in [1.82, 2.24) is 9.80 Å². The third-order valence-corrected chi connectivity index (χ3v) is 5.51. The van der Waals surface area contributed by atoms with Gasteiger partial charge in [0.25, 0.3) is 5.91 Å². The van der Waals surface area contributed by atoms with Crippen LogP contribution in [0, 0.1) is 0 Å². The van der Waals surface area contributed by atoms with Crippen molar-refractivity contribution in [3.05, 3.63) is 29.8 Å². The summed E-state index contributed by atoms with van der Waals surface area (Å²) in [4.78, 5) is 17.8. The van der Waals surface area contributed by atoms with Gasteiger partial charge in [-0.05, 0) is 76.7 Å². The van der Waals surface area contributed by atoms with E-state index in [9.17, 15) is 4.79 Å². The molecule has 2 saturated heterocycles. The predicted octanol–water partition coefficient (Wildman–Crippen LogP) is 3.96. The Kier molecular flexibility index (Phi) is 6.74. The highest BCUT2D eigenvalue weighted by Gasteiger charge is 2.28. The van der Waals surface area contributed by atoms with Gasteiger partial charge in [0.15, 0.2) is 0 Å². The fourth-order valence-electron chi connectivity index (χ4n) is 4.13. The number of piperidine rings is 2. The summed E-state index contributed by atoms with van der Waals surface area (Å²) in [6.45, 7) is 7.08. The van der Waals surface area contributed by atoms with Crippen LogP contribution in [0.2, 0.25) is 0 Å². The third kappa shape index (κ3) is 4.97.